The fourth-order valence-corrected chi connectivity index (χ4v) is 2.30. The molecule has 1 unspecified atom stereocenters. The molecule has 0 saturated carbocycles. The highest BCUT2D eigenvalue weighted by Crippen LogP contribution is 2.32. The van der Waals surface area contributed by atoms with Gasteiger partial charge in [-0.1, -0.05) is 18.5 Å². The smallest absolute Gasteiger partial charge is 0.105 e. The molecule has 0 bridgehead atoms. The van der Waals surface area contributed by atoms with Crippen molar-refractivity contribution < 1.29 is 4.74 Å². The maximum atomic E-state index is 5.96. The van der Waals surface area contributed by atoms with Crippen LogP contribution >= 0.6 is 22.9 Å². The summed E-state index contributed by atoms with van der Waals surface area (Å²) in [6, 6.07) is 3.86. The minimum absolute atomic E-state index is 0.0440. The second kappa shape index (κ2) is 5.30. The van der Waals surface area contributed by atoms with E-state index in [1.54, 1.807) is 0 Å². The van der Waals surface area contributed by atoms with Gasteiger partial charge >= 0.3 is 0 Å². The van der Waals surface area contributed by atoms with Crippen LogP contribution < -0.4 is 5.73 Å². The van der Waals surface area contributed by atoms with E-state index in [1.807, 2.05) is 12.1 Å². The van der Waals surface area contributed by atoms with Gasteiger partial charge in [0.05, 0.1) is 9.94 Å². The first-order valence-electron chi connectivity index (χ1n) is 5.11. The lowest BCUT2D eigenvalue weighted by atomic mass is 10.1. The summed E-state index contributed by atoms with van der Waals surface area (Å²) >= 11 is 7.42. The van der Waals surface area contributed by atoms with Crippen molar-refractivity contribution in [1.82, 2.24) is 0 Å². The molecule has 0 aliphatic rings. The Hall–Kier alpha value is -0.0900. The van der Waals surface area contributed by atoms with Crippen molar-refractivity contribution in [2.45, 2.75) is 38.9 Å². The minimum atomic E-state index is -0.138. The fourth-order valence-electron chi connectivity index (χ4n) is 1.19. The van der Waals surface area contributed by atoms with Gasteiger partial charge in [0.2, 0.25) is 0 Å². The molecule has 86 valence electrons. The zero-order chi connectivity index (χ0) is 11.5. The Bertz CT molecular complexity index is 311. The Labute approximate surface area is 100 Å². The summed E-state index contributed by atoms with van der Waals surface area (Å²) in [4.78, 5) is 1.10. The van der Waals surface area contributed by atoms with E-state index < -0.39 is 0 Å². The van der Waals surface area contributed by atoms with Crippen LogP contribution in [0.25, 0.3) is 0 Å². The second-order valence-electron chi connectivity index (χ2n) is 4.10. The van der Waals surface area contributed by atoms with Crippen LogP contribution in [0.2, 0.25) is 4.34 Å². The Morgan fingerprint density at radius 2 is 2.20 bits per heavy atom. The molecule has 2 N–H and O–H groups in total. The Kier molecular flexibility index (Phi) is 4.59. The van der Waals surface area contributed by atoms with Crippen LogP contribution in [0.1, 0.15) is 38.2 Å². The van der Waals surface area contributed by atoms with Gasteiger partial charge in [-0.3, -0.25) is 0 Å². The van der Waals surface area contributed by atoms with Crippen LogP contribution in [0.3, 0.4) is 0 Å². The van der Waals surface area contributed by atoms with E-state index in [0.29, 0.717) is 6.54 Å². The van der Waals surface area contributed by atoms with Crippen LogP contribution in [0, 0.1) is 0 Å². The van der Waals surface area contributed by atoms with Gasteiger partial charge in [0, 0.05) is 11.4 Å². The Balaban J connectivity index is 2.72. The summed E-state index contributed by atoms with van der Waals surface area (Å²) in [5.41, 5.74) is 5.58. The summed E-state index contributed by atoms with van der Waals surface area (Å²) in [5, 5.41) is 0. The summed E-state index contributed by atoms with van der Waals surface area (Å²) < 4.78 is 6.74. The lowest BCUT2D eigenvalue weighted by molar-refractivity contribution is -0.0698. The first-order valence-corrected chi connectivity index (χ1v) is 6.31. The van der Waals surface area contributed by atoms with Crippen molar-refractivity contribution in [3.8, 4) is 0 Å². The molecule has 0 aliphatic heterocycles. The van der Waals surface area contributed by atoms with Gasteiger partial charge in [-0.2, -0.15) is 0 Å². The average molecular weight is 248 g/mol. The third-order valence-corrected chi connectivity index (χ3v) is 3.76. The lowest BCUT2D eigenvalue weighted by Crippen LogP contribution is -2.29. The van der Waals surface area contributed by atoms with Crippen LogP contribution in [0.15, 0.2) is 12.1 Å². The zero-order valence-electron chi connectivity index (χ0n) is 9.42. The largest absolute Gasteiger partial charge is 0.366 e. The molecule has 1 aromatic rings. The maximum absolute atomic E-state index is 5.96. The summed E-state index contributed by atoms with van der Waals surface area (Å²) in [7, 11) is 0. The second-order valence-corrected chi connectivity index (χ2v) is 5.84. The van der Waals surface area contributed by atoms with Crippen molar-refractivity contribution >= 4 is 22.9 Å². The van der Waals surface area contributed by atoms with E-state index in [9.17, 15) is 0 Å². The molecule has 1 aromatic heterocycles. The lowest BCUT2D eigenvalue weighted by Gasteiger charge is -2.28. The van der Waals surface area contributed by atoms with Gasteiger partial charge < -0.3 is 10.5 Å². The molecule has 15 heavy (non-hydrogen) atoms. The molecular weight excluding hydrogens is 230 g/mol. The van der Waals surface area contributed by atoms with Crippen molar-refractivity contribution in [2.75, 3.05) is 6.54 Å². The number of halogens is 1. The third kappa shape index (κ3) is 3.76. The molecule has 0 aromatic carbocycles. The molecule has 0 fully saturated rings. The summed E-state index contributed by atoms with van der Waals surface area (Å²) in [6.45, 7) is 6.74. The van der Waals surface area contributed by atoms with E-state index in [4.69, 9.17) is 22.1 Å². The predicted octanol–water partition coefficient (Wildman–Crippen LogP) is 3.61. The molecule has 0 aliphatic carbocycles. The topological polar surface area (TPSA) is 35.2 Å². The van der Waals surface area contributed by atoms with Gasteiger partial charge in [-0.25, -0.2) is 0 Å². The molecule has 0 radical (unpaired) electrons. The summed E-state index contributed by atoms with van der Waals surface area (Å²) in [6.07, 6.45) is 0.917. The van der Waals surface area contributed by atoms with Crippen LogP contribution in [-0.4, -0.2) is 12.1 Å². The van der Waals surface area contributed by atoms with Crippen LogP contribution in [0.5, 0.6) is 0 Å². The number of rotatable bonds is 5. The molecule has 0 saturated heterocycles. The quantitative estimate of drug-likeness (QED) is 0.863. The number of hydrogen-bond donors (Lipinski definition) is 1. The standard InChI is InChI=1S/C11H18ClNOS/c1-4-11(2,3)14-8(7-13)9-5-6-10(12)15-9/h5-6,8H,4,7,13H2,1-3H3. The highest BCUT2D eigenvalue weighted by molar-refractivity contribution is 7.16. The van der Waals surface area contributed by atoms with E-state index >= 15 is 0 Å². The number of ether oxygens (including phenoxy) is 1. The molecule has 0 spiro atoms. The highest BCUT2D eigenvalue weighted by Gasteiger charge is 2.23. The molecule has 0 amide bonds. The first kappa shape index (κ1) is 13.0. The molecule has 1 atom stereocenters. The Morgan fingerprint density at radius 3 is 2.60 bits per heavy atom. The number of thiophene rings is 1. The van der Waals surface area contributed by atoms with Crippen molar-refractivity contribution in [3.05, 3.63) is 21.3 Å². The molecule has 1 rings (SSSR count). The van der Waals surface area contributed by atoms with Gasteiger partial charge in [0.1, 0.15) is 6.10 Å². The third-order valence-electron chi connectivity index (χ3n) is 2.44. The van der Waals surface area contributed by atoms with E-state index in [0.717, 1.165) is 15.6 Å². The van der Waals surface area contributed by atoms with Gasteiger partial charge in [0.15, 0.2) is 0 Å². The van der Waals surface area contributed by atoms with Gasteiger partial charge in [-0.05, 0) is 32.4 Å². The van der Waals surface area contributed by atoms with Gasteiger partial charge in [-0.15, -0.1) is 11.3 Å². The fraction of sp³-hybridized carbons (Fsp3) is 0.636. The van der Waals surface area contributed by atoms with Crippen molar-refractivity contribution in [2.24, 2.45) is 5.73 Å². The zero-order valence-corrected chi connectivity index (χ0v) is 11.0. The highest BCUT2D eigenvalue weighted by atomic mass is 35.5. The average Bonchev–Trinajstić information content (AvgIpc) is 2.61. The summed E-state index contributed by atoms with van der Waals surface area (Å²) in [5.74, 6) is 0. The number of hydrogen-bond acceptors (Lipinski definition) is 3. The van der Waals surface area contributed by atoms with E-state index in [-0.39, 0.29) is 11.7 Å². The maximum Gasteiger partial charge on any atom is 0.105 e. The molecule has 1 heterocycles. The van der Waals surface area contributed by atoms with Gasteiger partial charge in [0.25, 0.3) is 0 Å². The first-order chi connectivity index (χ1) is 6.98. The molecule has 2 nitrogen and oxygen atoms in total. The molecule has 4 heteroatoms. The van der Waals surface area contributed by atoms with Crippen molar-refractivity contribution in [3.63, 3.8) is 0 Å². The van der Waals surface area contributed by atoms with Crippen LogP contribution in [-0.2, 0) is 4.74 Å². The SMILES string of the molecule is CCC(C)(C)OC(CN)c1ccc(Cl)s1. The minimum Gasteiger partial charge on any atom is -0.366 e. The molecular formula is C11H18ClNOS. The normalized spacial score (nSPS) is 14.2. The number of nitrogens with two attached hydrogens (primary N) is 1. The van der Waals surface area contributed by atoms with E-state index in [1.165, 1.54) is 11.3 Å². The van der Waals surface area contributed by atoms with Crippen LogP contribution in [0.4, 0.5) is 0 Å². The Morgan fingerprint density at radius 1 is 1.53 bits per heavy atom. The van der Waals surface area contributed by atoms with E-state index in [2.05, 4.69) is 20.8 Å². The van der Waals surface area contributed by atoms with Crippen molar-refractivity contribution in [1.29, 1.82) is 0 Å². The predicted molar refractivity (Wildman–Crippen MR) is 66.6 cm³/mol. The monoisotopic (exact) mass is 247 g/mol.